The van der Waals surface area contributed by atoms with Crippen LogP contribution in [0, 0.1) is 11.8 Å². The summed E-state index contributed by atoms with van der Waals surface area (Å²) in [5.74, 6) is 1.23. The van der Waals surface area contributed by atoms with E-state index in [0.717, 1.165) is 18.7 Å². The molecule has 3 rings (SSSR count). The van der Waals surface area contributed by atoms with Gasteiger partial charge in [-0.3, -0.25) is 4.79 Å². The van der Waals surface area contributed by atoms with Gasteiger partial charge in [0.25, 0.3) is 5.91 Å². The largest absolute Gasteiger partial charge is 0.367 e. The molecule has 1 heterocycles. The molecule has 0 aromatic heterocycles. The summed E-state index contributed by atoms with van der Waals surface area (Å²) in [4.78, 5) is 12.2. The molecule has 3 atom stereocenters. The smallest absolute Gasteiger partial charge is 0.253 e. The number of methoxy groups -OCH3 is 1. The van der Waals surface area contributed by atoms with Gasteiger partial charge >= 0.3 is 0 Å². The zero-order valence-electron chi connectivity index (χ0n) is 10.4. The third-order valence-corrected chi connectivity index (χ3v) is 3.98. The third kappa shape index (κ3) is 2.02. The molecule has 0 radical (unpaired) electrons. The van der Waals surface area contributed by atoms with Crippen LogP contribution in [0.1, 0.15) is 11.7 Å². The topological polar surface area (TPSA) is 50.4 Å². The summed E-state index contributed by atoms with van der Waals surface area (Å²) in [6, 6.07) is 9.96. The van der Waals surface area contributed by atoms with Gasteiger partial charge < -0.3 is 15.4 Å². The lowest BCUT2D eigenvalue weighted by Gasteiger charge is -2.16. The summed E-state index contributed by atoms with van der Waals surface area (Å²) < 4.78 is 5.32. The van der Waals surface area contributed by atoms with Crippen molar-refractivity contribution in [3.05, 3.63) is 35.9 Å². The van der Waals surface area contributed by atoms with E-state index in [9.17, 15) is 4.79 Å². The van der Waals surface area contributed by atoms with Crippen LogP contribution in [0.4, 0.5) is 0 Å². The quantitative estimate of drug-likeness (QED) is 0.822. The number of hydrogen-bond acceptors (Lipinski definition) is 3. The molecule has 1 aliphatic heterocycles. The zero-order chi connectivity index (χ0) is 12.5. The average molecular weight is 246 g/mol. The Morgan fingerprint density at radius 1 is 1.33 bits per heavy atom. The van der Waals surface area contributed by atoms with Crippen molar-refractivity contribution in [2.45, 2.75) is 12.1 Å². The van der Waals surface area contributed by atoms with Crippen LogP contribution in [0.2, 0.25) is 0 Å². The second-order valence-electron chi connectivity index (χ2n) is 5.05. The Labute approximate surface area is 107 Å². The summed E-state index contributed by atoms with van der Waals surface area (Å²) in [5, 5.41) is 6.42. The fourth-order valence-electron chi connectivity index (χ4n) is 2.89. The van der Waals surface area contributed by atoms with Crippen molar-refractivity contribution in [3.63, 3.8) is 0 Å². The minimum atomic E-state index is -0.500. The highest BCUT2D eigenvalue weighted by Crippen LogP contribution is 2.41. The second-order valence-corrected chi connectivity index (χ2v) is 5.05. The molecule has 0 spiro atoms. The minimum absolute atomic E-state index is 0.0249. The first-order chi connectivity index (χ1) is 8.81. The van der Waals surface area contributed by atoms with Crippen LogP contribution >= 0.6 is 0 Å². The summed E-state index contributed by atoms with van der Waals surface area (Å²) in [5.41, 5.74) is 0.904. The predicted molar refractivity (Wildman–Crippen MR) is 68.0 cm³/mol. The molecule has 4 nitrogen and oxygen atoms in total. The lowest BCUT2D eigenvalue weighted by atomic mass is 10.1. The third-order valence-electron chi connectivity index (χ3n) is 3.98. The van der Waals surface area contributed by atoms with Gasteiger partial charge in [-0.25, -0.2) is 0 Å². The van der Waals surface area contributed by atoms with E-state index in [-0.39, 0.29) is 5.91 Å². The van der Waals surface area contributed by atoms with Crippen LogP contribution < -0.4 is 10.6 Å². The number of benzene rings is 1. The minimum Gasteiger partial charge on any atom is -0.367 e. The van der Waals surface area contributed by atoms with Crippen molar-refractivity contribution in [2.24, 2.45) is 11.8 Å². The van der Waals surface area contributed by atoms with Crippen LogP contribution in [-0.2, 0) is 9.53 Å². The number of fused-ring (bicyclic) bond motifs is 1. The van der Waals surface area contributed by atoms with Crippen molar-refractivity contribution in [1.82, 2.24) is 10.6 Å². The Bertz CT molecular complexity index is 425. The maximum Gasteiger partial charge on any atom is 0.253 e. The summed E-state index contributed by atoms with van der Waals surface area (Å²) in [7, 11) is 1.58. The van der Waals surface area contributed by atoms with E-state index in [1.165, 1.54) is 0 Å². The number of ether oxygens (including phenoxy) is 1. The molecule has 2 N–H and O–H groups in total. The molecule has 2 fully saturated rings. The highest BCUT2D eigenvalue weighted by molar-refractivity contribution is 5.83. The lowest BCUT2D eigenvalue weighted by molar-refractivity contribution is -0.131. The molecule has 1 aliphatic carbocycles. The van der Waals surface area contributed by atoms with Crippen LogP contribution in [0.25, 0.3) is 0 Å². The lowest BCUT2D eigenvalue weighted by Crippen LogP contribution is -2.36. The highest BCUT2D eigenvalue weighted by Gasteiger charge is 2.53. The summed E-state index contributed by atoms with van der Waals surface area (Å²) in [6.45, 7) is 2.05. The first-order valence-electron chi connectivity index (χ1n) is 6.40. The van der Waals surface area contributed by atoms with Crippen LogP contribution in [-0.4, -0.2) is 32.1 Å². The van der Waals surface area contributed by atoms with Crippen LogP contribution in [0.15, 0.2) is 30.3 Å². The van der Waals surface area contributed by atoms with E-state index >= 15 is 0 Å². The number of carbonyl (C=O) groups is 1. The van der Waals surface area contributed by atoms with E-state index in [0.29, 0.717) is 17.9 Å². The Morgan fingerprint density at radius 3 is 2.61 bits per heavy atom. The number of piperidine rings is 1. The van der Waals surface area contributed by atoms with Crippen LogP contribution in [0.3, 0.4) is 0 Å². The van der Waals surface area contributed by atoms with Crippen molar-refractivity contribution < 1.29 is 9.53 Å². The van der Waals surface area contributed by atoms with Crippen LogP contribution in [0.5, 0.6) is 0 Å². The Balaban J connectivity index is 1.64. The molecule has 0 bridgehead atoms. The molecular weight excluding hydrogens is 228 g/mol. The molecule has 2 aliphatic rings. The average Bonchev–Trinajstić information content (AvgIpc) is 2.85. The normalized spacial score (nSPS) is 30.6. The molecule has 96 valence electrons. The van der Waals surface area contributed by atoms with Crippen molar-refractivity contribution in [2.75, 3.05) is 20.2 Å². The van der Waals surface area contributed by atoms with Crippen molar-refractivity contribution >= 4 is 5.91 Å². The Morgan fingerprint density at radius 2 is 2.00 bits per heavy atom. The number of rotatable bonds is 4. The van der Waals surface area contributed by atoms with Gasteiger partial charge in [-0.15, -0.1) is 0 Å². The van der Waals surface area contributed by atoms with Gasteiger partial charge in [0, 0.05) is 26.2 Å². The maximum atomic E-state index is 12.2. The molecule has 18 heavy (non-hydrogen) atoms. The van der Waals surface area contributed by atoms with Crippen molar-refractivity contribution in [1.29, 1.82) is 0 Å². The monoisotopic (exact) mass is 246 g/mol. The summed E-state index contributed by atoms with van der Waals surface area (Å²) >= 11 is 0. The van der Waals surface area contributed by atoms with Crippen molar-refractivity contribution in [3.8, 4) is 0 Å². The Kier molecular flexibility index (Phi) is 3.06. The second kappa shape index (κ2) is 4.71. The van der Waals surface area contributed by atoms with Gasteiger partial charge in [0.05, 0.1) is 0 Å². The molecule has 3 unspecified atom stereocenters. The standard InChI is InChI=1S/C14H18N2O2/c1-18-13(9-5-3-2-4-6-9)14(17)16-12-10-7-15-8-11(10)12/h2-6,10-13,15H,7-8H2,1H3,(H,16,17). The maximum absolute atomic E-state index is 12.2. The van der Waals surface area contributed by atoms with Gasteiger partial charge in [-0.1, -0.05) is 30.3 Å². The number of nitrogens with one attached hydrogen (secondary N) is 2. The number of carbonyl (C=O) groups excluding carboxylic acids is 1. The van der Waals surface area contributed by atoms with E-state index in [1.807, 2.05) is 30.3 Å². The van der Waals surface area contributed by atoms with Gasteiger partial charge in [-0.05, 0) is 17.4 Å². The van der Waals surface area contributed by atoms with Gasteiger partial charge in [-0.2, -0.15) is 0 Å². The predicted octanol–water partition coefficient (Wildman–Crippen LogP) is 0.708. The molecule has 4 heteroatoms. The molecule has 1 aromatic carbocycles. The first kappa shape index (κ1) is 11.7. The molecular formula is C14H18N2O2. The molecule has 1 amide bonds. The molecule has 1 saturated carbocycles. The summed E-state index contributed by atoms with van der Waals surface area (Å²) in [6.07, 6.45) is -0.500. The van der Waals surface area contributed by atoms with Gasteiger partial charge in [0.1, 0.15) is 0 Å². The Hall–Kier alpha value is -1.39. The van der Waals surface area contributed by atoms with Gasteiger partial charge in [0.2, 0.25) is 0 Å². The number of hydrogen-bond donors (Lipinski definition) is 2. The highest BCUT2D eigenvalue weighted by atomic mass is 16.5. The fraction of sp³-hybridized carbons (Fsp3) is 0.500. The fourth-order valence-corrected chi connectivity index (χ4v) is 2.89. The first-order valence-corrected chi connectivity index (χ1v) is 6.40. The van der Waals surface area contributed by atoms with E-state index in [4.69, 9.17) is 4.74 Å². The van der Waals surface area contributed by atoms with Gasteiger partial charge in [0.15, 0.2) is 6.10 Å². The number of amides is 1. The molecule has 1 saturated heterocycles. The van der Waals surface area contributed by atoms with E-state index in [2.05, 4.69) is 10.6 Å². The zero-order valence-corrected chi connectivity index (χ0v) is 10.4. The SMILES string of the molecule is COC(C(=O)NC1C2CNCC21)c1ccccc1. The van der Waals surface area contributed by atoms with E-state index < -0.39 is 6.10 Å². The molecule has 1 aromatic rings. The van der Waals surface area contributed by atoms with E-state index in [1.54, 1.807) is 7.11 Å².